The molecule has 1 aliphatic rings. The van der Waals surface area contributed by atoms with Crippen LogP contribution in [-0.4, -0.2) is 39.0 Å². The number of hydrogen-bond acceptors (Lipinski definition) is 4. The van der Waals surface area contributed by atoms with Gasteiger partial charge in [-0.2, -0.15) is 0 Å². The first-order chi connectivity index (χ1) is 7.97. The highest BCUT2D eigenvalue weighted by molar-refractivity contribution is 7.89. The van der Waals surface area contributed by atoms with Crippen molar-refractivity contribution in [3.63, 3.8) is 0 Å². The van der Waals surface area contributed by atoms with Crippen LogP contribution in [0.15, 0.2) is 0 Å². The SMILES string of the molecule is CCC1(CC)CC(NS(=O)(=O)CCN)CCO1. The van der Waals surface area contributed by atoms with E-state index in [1.807, 2.05) is 0 Å². The average molecular weight is 264 g/mol. The number of nitrogens with two attached hydrogens (primary N) is 1. The lowest BCUT2D eigenvalue weighted by Crippen LogP contribution is -2.48. The van der Waals surface area contributed by atoms with Crippen LogP contribution in [0, 0.1) is 0 Å². The Balaban J connectivity index is 2.61. The van der Waals surface area contributed by atoms with Gasteiger partial charge in [0.25, 0.3) is 0 Å². The van der Waals surface area contributed by atoms with E-state index in [0.717, 1.165) is 25.7 Å². The van der Waals surface area contributed by atoms with Crippen LogP contribution in [0.5, 0.6) is 0 Å². The first kappa shape index (κ1) is 14.9. The molecule has 1 unspecified atom stereocenters. The van der Waals surface area contributed by atoms with E-state index >= 15 is 0 Å². The molecule has 0 amide bonds. The van der Waals surface area contributed by atoms with E-state index in [1.165, 1.54) is 0 Å². The van der Waals surface area contributed by atoms with Gasteiger partial charge in [0, 0.05) is 19.2 Å². The van der Waals surface area contributed by atoms with Crippen LogP contribution in [0.3, 0.4) is 0 Å². The van der Waals surface area contributed by atoms with E-state index in [2.05, 4.69) is 18.6 Å². The maximum Gasteiger partial charge on any atom is 0.213 e. The molecule has 0 bridgehead atoms. The molecule has 1 rings (SSSR count). The Morgan fingerprint density at radius 1 is 1.41 bits per heavy atom. The molecule has 102 valence electrons. The van der Waals surface area contributed by atoms with Crippen molar-refractivity contribution in [3.8, 4) is 0 Å². The number of nitrogens with one attached hydrogen (secondary N) is 1. The van der Waals surface area contributed by atoms with Gasteiger partial charge in [0.2, 0.25) is 10.0 Å². The van der Waals surface area contributed by atoms with E-state index in [4.69, 9.17) is 10.5 Å². The highest BCUT2D eigenvalue weighted by Gasteiger charge is 2.35. The summed E-state index contributed by atoms with van der Waals surface area (Å²) in [5, 5.41) is 0. The van der Waals surface area contributed by atoms with Crippen molar-refractivity contribution in [2.24, 2.45) is 5.73 Å². The van der Waals surface area contributed by atoms with Gasteiger partial charge in [-0.1, -0.05) is 13.8 Å². The Morgan fingerprint density at radius 2 is 2.06 bits per heavy atom. The molecule has 0 spiro atoms. The van der Waals surface area contributed by atoms with Crippen molar-refractivity contribution in [3.05, 3.63) is 0 Å². The van der Waals surface area contributed by atoms with Gasteiger partial charge in [-0.25, -0.2) is 13.1 Å². The third-order valence-electron chi connectivity index (χ3n) is 3.51. The van der Waals surface area contributed by atoms with Gasteiger partial charge in [-0.3, -0.25) is 0 Å². The van der Waals surface area contributed by atoms with Crippen molar-refractivity contribution in [1.29, 1.82) is 0 Å². The monoisotopic (exact) mass is 264 g/mol. The number of rotatable bonds is 6. The minimum atomic E-state index is -3.23. The third-order valence-corrected chi connectivity index (χ3v) is 4.98. The van der Waals surface area contributed by atoms with Crippen LogP contribution in [0.4, 0.5) is 0 Å². The lowest BCUT2D eigenvalue weighted by Gasteiger charge is -2.40. The van der Waals surface area contributed by atoms with Crippen LogP contribution in [0.25, 0.3) is 0 Å². The molecule has 0 aromatic rings. The van der Waals surface area contributed by atoms with Gasteiger partial charge in [0.05, 0.1) is 11.4 Å². The Bertz CT molecular complexity index is 326. The summed E-state index contributed by atoms with van der Waals surface area (Å²) in [4.78, 5) is 0. The second kappa shape index (κ2) is 6.13. The summed E-state index contributed by atoms with van der Waals surface area (Å²) in [6, 6.07) is -0.0137. The van der Waals surface area contributed by atoms with E-state index < -0.39 is 10.0 Å². The molecule has 5 nitrogen and oxygen atoms in total. The fourth-order valence-electron chi connectivity index (χ4n) is 2.34. The van der Waals surface area contributed by atoms with Gasteiger partial charge in [0.15, 0.2) is 0 Å². The van der Waals surface area contributed by atoms with E-state index in [0.29, 0.717) is 6.61 Å². The van der Waals surface area contributed by atoms with E-state index in [9.17, 15) is 8.42 Å². The molecule has 3 N–H and O–H groups in total. The molecule has 0 radical (unpaired) electrons. The van der Waals surface area contributed by atoms with Gasteiger partial charge in [0.1, 0.15) is 0 Å². The molecule has 0 aromatic carbocycles. The Labute approximate surface area is 104 Å². The molecular weight excluding hydrogens is 240 g/mol. The summed E-state index contributed by atoms with van der Waals surface area (Å²) < 4.78 is 31.8. The number of sulfonamides is 1. The first-order valence-electron chi connectivity index (χ1n) is 6.31. The van der Waals surface area contributed by atoms with Crippen LogP contribution in [0.1, 0.15) is 39.5 Å². The summed E-state index contributed by atoms with van der Waals surface area (Å²) in [6.07, 6.45) is 3.33. The summed E-state index contributed by atoms with van der Waals surface area (Å²) in [7, 11) is -3.23. The zero-order valence-electron chi connectivity index (χ0n) is 10.7. The Morgan fingerprint density at radius 3 is 2.59 bits per heavy atom. The number of hydrogen-bond donors (Lipinski definition) is 2. The van der Waals surface area contributed by atoms with Gasteiger partial charge in [-0.05, 0) is 25.7 Å². The molecule has 1 atom stereocenters. The summed E-state index contributed by atoms with van der Waals surface area (Å²) in [5.41, 5.74) is 5.12. The Kier molecular flexibility index (Phi) is 5.37. The molecular formula is C11H24N2O3S. The van der Waals surface area contributed by atoms with Crippen molar-refractivity contribution < 1.29 is 13.2 Å². The van der Waals surface area contributed by atoms with Crippen molar-refractivity contribution in [1.82, 2.24) is 4.72 Å². The zero-order chi connectivity index (χ0) is 12.9. The molecule has 1 heterocycles. The molecule has 0 aromatic heterocycles. The van der Waals surface area contributed by atoms with Crippen LogP contribution in [0.2, 0.25) is 0 Å². The molecule has 1 saturated heterocycles. The quantitative estimate of drug-likeness (QED) is 0.736. The topological polar surface area (TPSA) is 81.4 Å². The highest BCUT2D eigenvalue weighted by atomic mass is 32.2. The van der Waals surface area contributed by atoms with Crippen molar-refractivity contribution in [2.45, 2.75) is 51.2 Å². The largest absolute Gasteiger partial charge is 0.375 e. The van der Waals surface area contributed by atoms with Gasteiger partial charge in [-0.15, -0.1) is 0 Å². The Hall–Kier alpha value is -0.170. The van der Waals surface area contributed by atoms with Crippen LogP contribution < -0.4 is 10.5 Å². The normalized spacial score (nSPS) is 24.8. The zero-order valence-corrected chi connectivity index (χ0v) is 11.6. The summed E-state index contributed by atoms with van der Waals surface area (Å²) >= 11 is 0. The fraction of sp³-hybridized carbons (Fsp3) is 1.00. The average Bonchev–Trinajstić information content (AvgIpc) is 2.28. The predicted molar refractivity (Wildman–Crippen MR) is 68.3 cm³/mol. The second-order valence-corrected chi connectivity index (χ2v) is 6.53. The molecule has 0 saturated carbocycles. The second-order valence-electron chi connectivity index (χ2n) is 4.65. The van der Waals surface area contributed by atoms with Gasteiger partial charge < -0.3 is 10.5 Å². The maximum atomic E-state index is 11.7. The summed E-state index contributed by atoms with van der Waals surface area (Å²) in [5.74, 6) is -0.00436. The van der Waals surface area contributed by atoms with Crippen LogP contribution in [-0.2, 0) is 14.8 Å². The molecule has 0 aliphatic carbocycles. The van der Waals surface area contributed by atoms with Crippen molar-refractivity contribution in [2.75, 3.05) is 18.9 Å². The minimum Gasteiger partial charge on any atom is -0.375 e. The third kappa shape index (κ3) is 4.21. The molecule has 1 fully saturated rings. The smallest absolute Gasteiger partial charge is 0.213 e. The van der Waals surface area contributed by atoms with Crippen molar-refractivity contribution >= 4 is 10.0 Å². The molecule has 6 heteroatoms. The maximum absolute atomic E-state index is 11.7. The minimum absolute atomic E-state index is 0.00436. The predicted octanol–water partition coefficient (Wildman–Crippen LogP) is 0.602. The van der Waals surface area contributed by atoms with Crippen LogP contribution >= 0.6 is 0 Å². The van der Waals surface area contributed by atoms with E-state index in [1.54, 1.807) is 0 Å². The first-order valence-corrected chi connectivity index (χ1v) is 7.96. The lowest BCUT2D eigenvalue weighted by molar-refractivity contribution is -0.0905. The fourth-order valence-corrected chi connectivity index (χ4v) is 3.48. The number of ether oxygens (including phenoxy) is 1. The van der Waals surface area contributed by atoms with Gasteiger partial charge >= 0.3 is 0 Å². The molecule has 17 heavy (non-hydrogen) atoms. The highest BCUT2D eigenvalue weighted by Crippen LogP contribution is 2.31. The summed E-state index contributed by atoms with van der Waals surface area (Å²) in [6.45, 7) is 4.95. The lowest BCUT2D eigenvalue weighted by atomic mass is 9.86. The molecule has 1 aliphatic heterocycles. The van der Waals surface area contributed by atoms with E-state index in [-0.39, 0.29) is 23.9 Å². The standard InChI is InChI=1S/C11H24N2O3S/c1-3-11(4-2)9-10(5-7-16-11)13-17(14,15)8-6-12/h10,13H,3-9,12H2,1-2H3.